The number of benzene rings is 1. The van der Waals surface area contributed by atoms with Crippen LogP contribution in [0.25, 0.3) is 11.0 Å². The van der Waals surface area contributed by atoms with Crippen LogP contribution in [-0.2, 0) is 16.0 Å². The molecule has 0 spiro atoms. The van der Waals surface area contributed by atoms with E-state index in [2.05, 4.69) is 5.32 Å². The van der Waals surface area contributed by atoms with Crippen LogP contribution in [0.4, 0.5) is 5.00 Å². The number of amides is 1. The Kier molecular flexibility index (Phi) is 5.65. The zero-order valence-electron chi connectivity index (χ0n) is 16.2. The highest BCUT2D eigenvalue weighted by Gasteiger charge is 2.25. The standard InChI is InChI=1S/C21H21NO5S/c1-5-26-21(25)18-12(3)19(13(4)23)28-20(18)22-17(24)9-14-10-27-16-8-11(2)6-7-15(14)16/h6-8,10H,5,9H2,1-4H3,(H,22,24). The fourth-order valence-corrected chi connectivity index (χ4v) is 4.16. The molecule has 2 heterocycles. The average molecular weight is 399 g/mol. The van der Waals surface area contributed by atoms with Gasteiger partial charge < -0.3 is 14.5 Å². The number of nitrogens with one attached hydrogen (secondary N) is 1. The second-order valence-electron chi connectivity index (χ2n) is 6.52. The summed E-state index contributed by atoms with van der Waals surface area (Å²) in [5, 5.41) is 3.97. The number of ether oxygens (including phenoxy) is 1. The number of fused-ring (bicyclic) bond motifs is 1. The van der Waals surface area contributed by atoms with Crippen molar-refractivity contribution in [2.24, 2.45) is 0 Å². The van der Waals surface area contributed by atoms with Gasteiger partial charge in [-0.15, -0.1) is 11.3 Å². The molecule has 3 aromatic rings. The molecule has 0 bridgehead atoms. The number of hydrogen-bond donors (Lipinski definition) is 1. The van der Waals surface area contributed by atoms with Crippen molar-refractivity contribution >= 4 is 45.0 Å². The predicted octanol–water partition coefficient (Wildman–Crippen LogP) is 4.67. The quantitative estimate of drug-likeness (QED) is 0.481. The van der Waals surface area contributed by atoms with Crippen LogP contribution >= 0.6 is 11.3 Å². The van der Waals surface area contributed by atoms with E-state index in [-0.39, 0.29) is 30.3 Å². The Morgan fingerprint density at radius 2 is 1.96 bits per heavy atom. The van der Waals surface area contributed by atoms with Gasteiger partial charge in [0.05, 0.1) is 29.7 Å². The van der Waals surface area contributed by atoms with Gasteiger partial charge in [-0.2, -0.15) is 0 Å². The van der Waals surface area contributed by atoms with Crippen LogP contribution in [0.2, 0.25) is 0 Å². The highest BCUT2D eigenvalue weighted by Crippen LogP contribution is 2.34. The van der Waals surface area contributed by atoms with Gasteiger partial charge in [-0.25, -0.2) is 4.79 Å². The van der Waals surface area contributed by atoms with Crippen LogP contribution < -0.4 is 5.32 Å². The van der Waals surface area contributed by atoms with Crippen molar-refractivity contribution in [1.29, 1.82) is 0 Å². The van der Waals surface area contributed by atoms with E-state index in [4.69, 9.17) is 9.15 Å². The highest BCUT2D eigenvalue weighted by atomic mass is 32.1. The van der Waals surface area contributed by atoms with Gasteiger partial charge in [-0.05, 0) is 44.9 Å². The summed E-state index contributed by atoms with van der Waals surface area (Å²) in [6.45, 7) is 6.99. The molecule has 0 unspecified atom stereocenters. The fourth-order valence-electron chi connectivity index (χ4n) is 3.06. The Labute approximate surface area is 166 Å². The zero-order chi connectivity index (χ0) is 20.4. The number of aryl methyl sites for hydroxylation is 1. The molecule has 7 heteroatoms. The molecule has 0 aliphatic carbocycles. The van der Waals surface area contributed by atoms with Gasteiger partial charge in [-0.1, -0.05) is 12.1 Å². The number of ketones is 1. The first kappa shape index (κ1) is 19.8. The summed E-state index contributed by atoms with van der Waals surface area (Å²) in [4.78, 5) is 37.3. The van der Waals surface area contributed by atoms with E-state index >= 15 is 0 Å². The number of rotatable bonds is 6. The Hall–Kier alpha value is -2.93. The summed E-state index contributed by atoms with van der Waals surface area (Å²) in [5.41, 5.74) is 3.31. The molecule has 28 heavy (non-hydrogen) atoms. The summed E-state index contributed by atoms with van der Waals surface area (Å²) >= 11 is 1.09. The topological polar surface area (TPSA) is 85.6 Å². The molecule has 146 valence electrons. The molecular formula is C21H21NO5S. The van der Waals surface area contributed by atoms with E-state index in [9.17, 15) is 14.4 Å². The SMILES string of the molecule is CCOC(=O)c1c(NC(=O)Cc2coc3cc(C)ccc23)sc(C(C)=O)c1C. The van der Waals surface area contributed by atoms with Gasteiger partial charge in [0.1, 0.15) is 10.6 Å². The lowest BCUT2D eigenvalue weighted by molar-refractivity contribution is -0.115. The van der Waals surface area contributed by atoms with Crippen LogP contribution in [0.1, 0.15) is 50.6 Å². The number of anilines is 1. The summed E-state index contributed by atoms with van der Waals surface area (Å²) < 4.78 is 10.6. The molecule has 0 radical (unpaired) electrons. The minimum absolute atomic E-state index is 0.0880. The van der Waals surface area contributed by atoms with Gasteiger partial charge in [0.15, 0.2) is 5.78 Å². The Balaban J connectivity index is 1.87. The molecule has 0 atom stereocenters. The van der Waals surface area contributed by atoms with Crippen molar-refractivity contribution in [3.63, 3.8) is 0 Å². The van der Waals surface area contributed by atoms with E-state index in [1.54, 1.807) is 20.1 Å². The van der Waals surface area contributed by atoms with Crippen molar-refractivity contribution < 1.29 is 23.5 Å². The van der Waals surface area contributed by atoms with Crippen molar-refractivity contribution in [1.82, 2.24) is 0 Å². The molecule has 1 aromatic carbocycles. The van der Waals surface area contributed by atoms with E-state index < -0.39 is 5.97 Å². The third-order valence-electron chi connectivity index (χ3n) is 4.36. The molecule has 6 nitrogen and oxygen atoms in total. The van der Waals surface area contributed by atoms with Gasteiger partial charge in [0.2, 0.25) is 5.91 Å². The molecule has 0 aliphatic rings. The van der Waals surface area contributed by atoms with Crippen LogP contribution in [-0.4, -0.2) is 24.3 Å². The van der Waals surface area contributed by atoms with Gasteiger partial charge in [-0.3, -0.25) is 9.59 Å². The van der Waals surface area contributed by atoms with E-state index in [1.165, 1.54) is 6.92 Å². The van der Waals surface area contributed by atoms with Crippen LogP contribution in [0.15, 0.2) is 28.9 Å². The molecule has 0 saturated carbocycles. The van der Waals surface area contributed by atoms with Crippen LogP contribution in [0.3, 0.4) is 0 Å². The van der Waals surface area contributed by atoms with E-state index in [0.717, 1.165) is 33.4 Å². The second kappa shape index (κ2) is 7.98. The molecule has 1 N–H and O–H groups in total. The van der Waals surface area contributed by atoms with Crippen molar-refractivity contribution in [2.75, 3.05) is 11.9 Å². The predicted molar refractivity (Wildman–Crippen MR) is 108 cm³/mol. The summed E-state index contributed by atoms with van der Waals surface area (Å²) in [6, 6.07) is 5.79. The minimum Gasteiger partial charge on any atom is -0.464 e. The van der Waals surface area contributed by atoms with Crippen molar-refractivity contribution in [3.05, 3.63) is 51.6 Å². The largest absolute Gasteiger partial charge is 0.464 e. The number of esters is 1. The van der Waals surface area contributed by atoms with Crippen LogP contribution in [0, 0.1) is 13.8 Å². The first-order chi connectivity index (χ1) is 13.3. The van der Waals surface area contributed by atoms with Gasteiger partial charge in [0.25, 0.3) is 0 Å². The number of carbonyl (C=O) groups excluding carboxylic acids is 3. The lowest BCUT2D eigenvalue weighted by atomic mass is 10.1. The molecule has 0 saturated heterocycles. The monoisotopic (exact) mass is 399 g/mol. The normalized spacial score (nSPS) is 10.9. The maximum absolute atomic E-state index is 12.6. The molecular weight excluding hydrogens is 378 g/mol. The lowest BCUT2D eigenvalue weighted by Crippen LogP contribution is -2.16. The molecule has 1 amide bonds. The Bertz CT molecular complexity index is 1080. The third kappa shape index (κ3) is 3.84. The summed E-state index contributed by atoms with van der Waals surface area (Å²) in [6.07, 6.45) is 1.65. The Morgan fingerprint density at radius 3 is 2.64 bits per heavy atom. The number of hydrogen-bond acceptors (Lipinski definition) is 6. The van der Waals surface area contributed by atoms with E-state index in [0.29, 0.717) is 15.4 Å². The minimum atomic E-state index is -0.553. The highest BCUT2D eigenvalue weighted by molar-refractivity contribution is 7.18. The first-order valence-corrected chi connectivity index (χ1v) is 9.71. The fraction of sp³-hybridized carbons (Fsp3) is 0.286. The third-order valence-corrected chi connectivity index (χ3v) is 5.67. The smallest absolute Gasteiger partial charge is 0.341 e. The molecule has 2 aromatic heterocycles. The number of Topliss-reactive ketones (excluding diaryl/α,β-unsaturated/α-hetero) is 1. The maximum Gasteiger partial charge on any atom is 0.341 e. The van der Waals surface area contributed by atoms with Crippen molar-refractivity contribution in [2.45, 2.75) is 34.1 Å². The average Bonchev–Trinajstić information content (AvgIpc) is 3.15. The van der Waals surface area contributed by atoms with Gasteiger partial charge in [0, 0.05) is 10.9 Å². The van der Waals surface area contributed by atoms with Crippen molar-refractivity contribution in [3.8, 4) is 0 Å². The second-order valence-corrected chi connectivity index (χ2v) is 7.54. The summed E-state index contributed by atoms with van der Waals surface area (Å²) in [7, 11) is 0. The summed E-state index contributed by atoms with van der Waals surface area (Å²) in [5.74, 6) is -1.02. The first-order valence-electron chi connectivity index (χ1n) is 8.89. The van der Waals surface area contributed by atoms with E-state index in [1.807, 2.05) is 25.1 Å². The molecule has 3 rings (SSSR count). The van der Waals surface area contributed by atoms with Crippen LogP contribution in [0.5, 0.6) is 0 Å². The molecule has 0 fully saturated rings. The number of furan rings is 1. The number of carbonyl (C=O) groups is 3. The zero-order valence-corrected chi connectivity index (χ0v) is 17.0. The maximum atomic E-state index is 12.6. The Morgan fingerprint density at radius 1 is 1.21 bits per heavy atom. The number of thiophene rings is 1. The molecule has 0 aliphatic heterocycles. The lowest BCUT2D eigenvalue weighted by Gasteiger charge is -2.07. The van der Waals surface area contributed by atoms with Gasteiger partial charge >= 0.3 is 5.97 Å².